The first kappa shape index (κ1) is 23.0. The number of methoxy groups -OCH3 is 1. The zero-order chi connectivity index (χ0) is 23.4. The van der Waals surface area contributed by atoms with Crippen LogP contribution in [0.1, 0.15) is 17.1 Å². The summed E-state index contributed by atoms with van der Waals surface area (Å²) in [5.74, 6) is 1.92. The number of pyridine rings is 1. The standard InChI is InChI=1S/C22H23F3N4O4/c1-13-28-18-9-19(30-2)20(33-6-5-32-16-11-31-12-16)8-17(18)21(29-13)27-10-15-7-14(3-4-26-15)22(23,24)25/h3-4,7-9,16H,5-6,10-12H2,1-2H3,(H,27,28,29). The highest BCUT2D eigenvalue weighted by Crippen LogP contribution is 2.35. The molecule has 1 aliphatic heterocycles. The van der Waals surface area contributed by atoms with E-state index in [-0.39, 0.29) is 18.3 Å². The van der Waals surface area contributed by atoms with Gasteiger partial charge in [0.05, 0.1) is 50.2 Å². The van der Waals surface area contributed by atoms with Crippen LogP contribution in [0.15, 0.2) is 30.5 Å². The Kier molecular flexibility index (Phi) is 6.80. The molecule has 0 aliphatic carbocycles. The number of aromatic nitrogens is 3. The summed E-state index contributed by atoms with van der Waals surface area (Å²) in [4.78, 5) is 12.9. The maximum Gasteiger partial charge on any atom is 0.416 e. The van der Waals surface area contributed by atoms with E-state index in [2.05, 4.69) is 20.3 Å². The van der Waals surface area contributed by atoms with Gasteiger partial charge in [-0.3, -0.25) is 4.98 Å². The Labute approximate surface area is 188 Å². The van der Waals surface area contributed by atoms with Crippen molar-refractivity contribution in [2.45, 2.75) is 25.7 Å². The summed E-state index contributed by atoms with van der Waals surface area (Å²) in [5.41, 5.74) is 0.0829. The third kappa shape index (κ3) is 5.60. The lowest BCUT2D eigenvalue weighted by molar-refractivity contribution is -0.137. The minimum atomic E-state index is -4.44. The second-order valence-corrected chi connectivity index (χ2v) is 7.41. The van der Waals surface area contributed by atoms with Gasteiger partial charge in [0.25, 0.3) is 0 Å². The highest BCUT2D eigenvalue weighted by molar-refractivity contribution is 5.91. The van der Waals surface area contributed by atoms with Crippen molar-refractivity contribution in [1.82, 2.24) is 15.0 Å². The number of nitrogens with zero attached hydrogens (tertiary/aromatic N) is 3. The van der Waals surface area contributed by atoms with Crippen LogP contribution in [-0.4, -0.2) is 54.6 Å². The number of nitrogens with one attached hydrogen (secondary N) is 1. The van der Waals surface area contributed by atoms with Gasteiger partial charge < -0.3 is 24.3 Å². The van der Waals surface area contributed by atoms with E-state index in [9.17, 15) is 13.2 Å². The zero-order valence-corrected chi connectivity index (χ0v) is 18.1. The quantitative estimate of drug-likeness (QED) is 0.479. The molecule has 33 heavy (non-hydrogen) atoms. The van der Waals surface area contributed by atoms with E-state index in [1.54, 1.807) is 19.1 Å². The lowest BCUT2D eigenvalue weighted by Gasteiger charge is -2.25. The Morgan fingerprint density at radius 3 is 2.64 bits per heavy atom. The molecule has 1 fully saturated rings. The normalized spacial score (nSPS) is 14.2. The molecule has 1 N–H and O–H groups in total. The smallest absolute Gasteiger partial charge is 0.416 e. The number of aryl methyl sites for hydroxylation is 1. The van der Waals surface area contributed by atoms with Gasteiger partial charge >= 0.3 is 6.18 Å². The van der Waals surface area contributed by atoms with E-state index < -0.39 is 11.7 Å². The molecule has 4 rings (SSSR count). The molecular formula is C22H23F3N4O4. The van der Waals surface area contributed by atoms with Crippen molar-refractivity contribution < 1.29 is 32.1 Å². The van der Waals surface area contributed by atoms with Crippen LogP contribution in [0.2, 0.25) is 0 Å². The van der Waals surface area contributed by atoms with Crippen LogP contribution in [0.5, 0.6) is 11.5 Å². The Morgan fingerprint density at radius 1 is 1.12 bits per heavy atom. The zero-order valence-electron chi connectivity index (χ0n) is 18.1. The summed E-state index contributed by atoms with van der Waals surface area (Å²) in [7, 11) is 1.53. The average molecular weight is 464 g/mol. The highest BCUT2D eigenvalue weighted by atomic mass is 19.4. The molecule has 3 aromatic rings. The lowest BCUT2D eigenvalue weighted by Crippen LogP contribution is -2.37. The lowest BCUT2D eigenvalue weighted by atomic mass is 10.2. The van der Waals surface area contributed by atoms with Crippen LogP contribution >= 0.6 is 0 Å². The van der Waals surface area contributed by atoms with Gasteiger partial charge in [0.15, 0.2) is 11.5 Å². The fraction of sp³-hybridized carbons (Fsp3) is 0.409. The minimum Gasteiger partial charge on any atom is -0.493 e. The van der Waals surface area contributed by atoms with E-state index in [1.807, 2.05) is 0 Å². The van der Waals surface area contributed by atoms with Gasteiger partial charge in [-0.2, -0.15) is 13.2 Å². The molecule has 1 aliphatic rings. The van der Waals surface area contributed by atoms with Crippen molar-refractivity contribution in [2.24, 2.45) is 0 Å². The number of anilines is 1. The van der Waals surface area contributed by atoms with Crippen molar-refractivity contribution in [3.63, 3.8) is 0 Å². The summed E-state index contributed by atoms with van der Waals surface area (Å²) < 4.78 is 60.9. The molecule has 0 radical (unpaired) electrons. The number of alkyl halides is 3. The van der Waals surface area contributed by atoms with Gasteiger partial charge in [-0.25, -0.2) is 9.97 Å². The van der Waals surface area contributed by atoms with E-state index in [4.69, 9.17) is 18.9 Å². The number of hydrogen-bond acceptors (Lipinski definition) is 8. The molecule has 0 amide bonds. The predicted molar refractivity (Wildman–Crippen MR) is 113 cm³/mol. The van der Waals surface area contributed by atoms with Crippen LogP contribution < -0.4 is 14.8 Å². The summed E-state index contributed by atoms with van der Waals surface area (Å²) in [6, 6.07) is 5.41. The summed E-state index contributed by atoms with van der Waals surface area (Å²) >= 11 is 0. The maximum atomic E-state index is 13.0. The molecule has 3 heterocycles. The fourth-order valence-electron chi connectivity index (χ4n) is 3.26. The SMILES string of the molecule is COc1cc2nc(C)nc(NCc3cc(C(F)(F)F)ccn3)c2cc1OCCOC1COC1. The van der Waals surface area contributed by atoms with Crippen molar-refractivity contribution in [3.8, 4) is 11.5 Å². The van der Waals surface area contributed by atoms with Crippen LogP contribution in [-0.2, 0) is 22.2 Å². The Hall–Kier alpha value is -3.18. The van der Waals surface area contributed by atoms with Crippen molar-refractivity contribution in [3.05, 3.63) is 47.5 Å². The van der Waals surface area contributed by atoms with Gasteiger partial charge in [-0.1, -0.05) is 0 Å². The fourth-order valence-corrected chi connectivity index (χ4v) is 3.26. The number of benzene rings is 1. The molecular weight excluding hydrogens is 441 g/mol. The van der Waals surface area contributed by atoms with Crippen LogP contribution in [0.25, 0.3) is 10.9 Å². The third-order valence-corrected chi connectivity index (χ3v) is 4.98. The van der Waals surface area contributed by atoms with Gasteiger partial charge in [-0.15, -0.1) is 0 Å². The molecule has 0 unspecified atom stereocenters. The Balaban J connectivity index is 1.54. The van der Waals surface area contributed by atoms with Crippen LogP contribution in [0.3, 0.4) is 0 Å². The van der Waals surface area contributed by atoms with E-state index in [0.717, 1.165) is 18.3 Å². The number of halogens is 3. The van der Waals surface area contributed by atoms with Crippen LogP contribution in [0, 0.1) is 6.92 Å². The Morgan fingerprint density at radius 2 is 1.94 bits per heavy atom. The monoisotopic (exact) mass is 464 g/mol. The van der Waals surface area contributed by atoms with Crippen molar-refractivity contribution in [2.75, 3.05) is 38.9 Å². The topological polar surface area (TPSA) is 87.6 Å². The molecule has 176 valence electrons. The first-order chi connectivity index (χ1) is 15.8. The average Bonchev–Trinajstić information content (AvgIpc) is 2.75. The number of fused-ring (bicyclic) bond motifs is 1. The number of ether oxygens (including phenoxy) is 4. The second kappa shape index (κ2) is 9.75. The number of hydrogen-bond donors (Lipinski definition) is 1. The number of rotatable bonds is 9. The van der Waals surface area contributed by atoms with Gasteiger partial charge in [0.1, 0.15) is 24.4 Å². The molecule has 0 saturated carbocycles. The van der Waals surface area contributed by atoms with E-state index >= 15 is 0 Å². The minimum absolute atomic E-state index is 0.0506. The molecule has 0 bridgehead atoms. The molecule has 2 aromatic heterocycles. The molecule has 8 nitrogen and oxygen atoms in total. The van der Waals surface area contributed by atoms with Crippen LogP contribution in [0.4, 0.5) is 19.0 Å². The summed E-state index contributed by atoms with van der Waals surface area (Å²) in [6.07, 6.45) is -3.20. The Bertz CT molecular complexity index is 1120. The molecule has 1 aromatic carbocycles. The predicted octanol–water partition coefficient (Wildman–Crippen LogP) is 3.77. The van der Waals surface area contributed by atoms with E-state index in [0.29, 0.717) is 60.5 Å². The molecule has 0 spiro atoms. The van der Waals surface area contributed by atoms with Gasteiger partial charge in [0, 0.05) is 17.6 Å². The molecule has 1 saturated heterocycles. The molecule has 0 atom stereocenters. The van der Waals surface area contributed by atoms with Gasteiger partial charge in [0.2, 0.25) is 0 Å². The van der Waals surface area contributed by atoms with E-state index in [1.165, 1.54) is 7.11 Å². The first-order valence-corrected chi connectivity index (χ1v) is 10.3. The van der Waals surface area contributed by atoms with Crippen molar-refractivity contribution in [1.29, 1.82) is 0 Å². The highest BCUT2D eigenvalue weighted by Gasteiger charge is 2.30. The summed E-state index contributed by atoms with van der Waals surface area (Å²) in [5, 5.41) is 3.71. The second-order valence-electron chi connectivity index (χ2n) is 7.41. The third-order valence-electron chi connectivity index (χ3n) is 4.98. The first-order valence-electron chi connectivity index (χ1n) is 10.3. The van der Waals surface area contributed by atoms with Gasteiger partial charge in [-0.05, 0) is 25.1 Å². The van der Waals surface area contributed by atoms with Crippen molar-refractivity contribution >= 4 is 16.7 Å². The summed E-state index contributed by atoms with van der Waals surface area (Å²) in [6.45, 7) is 3.66. The largest absolute Gasteiger partial charge is 0.493 e. The maximum absolute atomic E-state index is 13.0. The molecule has 11 heteroatoms.